The number of rotatable bonds is 2. The molecule has 2 N–H and O–H groups in total. The molecule has 0 unspecified atom stereocenters. The van der Waals surface area contributed by atoms with Crippen LogP contribution in [0.4, 0.5) is 0 Å². The highest BCUT2D eigenvalue weighted by Gasteiger charge is 2.34. The summed E-state index contributed by atoms with van der Waals surface area (Å²) in [6.07, 6.45) is 2.93. The van der Waals surface area contributed by atoms with E-state index in [0.717, 1.165) is 17.3 Å². The molecule has 2 aromatic rings. The molecule has 1 aliphatic rings. The summed E-state index contributed by atoms with van der Waals surface area (Å²) < 4.78 is 0. The Bertz CT molecular complexity index is 649. The first kappa shape index (κ1) is 11.7. The highest BCUT2D eigenvalue weighted by molar-refractivity contribution is 5.99. The van der Waals surface area contributed by atoms with Crippen molar-refractivity contribution in [3.63, 3.8) is 0 Å². The zero-order chi connectivity index (χ0) is 13.4. The molecule has 1 amide bonds. The molecule has 0 aliphatic carbocycles. The van der Waals surface area contributed by atoms with Crippen molar-refractivity contribution in [2.24, 2.45) is 0 Å². The standard InChI is InChI=1S/C13H13N3O3/c17-12(16-5-1-2-11(16)13(18)19)8-3-4-9-7-14-15-10(9)6-8/h3-4,6-7,11H,1-2,5H2,(H,14,15)(H,18,19)/t11-/m1/s1. The van der Waals surface area contributed by atoms with Crippen LogP contribution in [-0.2, 0) is 4.79 Å². The van der Waals surface area contributed by atoms with Crippen LogP contribution < -0.4 is 0 Å². The monoisotopic (exact) mass is 259 g/mol. The number of hydrogen-bond acceptors (Lipinski definition) is 3. The second-order valence-corrected chi connectivity index (χ2v) is 4.67. The number of nitrogens with zero attached hydrogens (tertiary/aromatic N) is 2. The van der Waals surface area contributed by atoms with Crippen LogP contribution in [0.5, 0.6) is 0 Å². The zero-order valence-electron chi connectivity index (χ0n) is 10.2. The molecule has 19 heavy (non-hydrogen) atoms. The topological polar surface area (TPSA) is 86.3 Å². The summed E-state index contributed by atoms with van der Waals surface area (Å²) in [5, 5.41) is 16.7. The Morgan fingerprint density at radius 2 is 2.26 bits per heavy atom. The number of likely N-dealkylation sites (tertiary alicyclic amines) is 1. The quantitative estimate of drug-likeness (QED) is 0.849. The minimum Gasteiger partial charge on any atom is -0.480 e. The van der Waals surface area contributed by atoms with Gasteiger partial charge < -0.3 is 10.0 Å². The molecule has 0 bridgehead atoms. The summed E-state index contributed by atoms with van der Waals surface area (Å²) in [5.74, 6) is -1.17. The van der Waals surface area contributed by atoms with E-state index in [1.807, 2.05) is 0 Å². The third-order valence-corrected chi connectivity index (χ3v) is 3.49. The van der Waals surface area contributed by atoms with Gasteiger partial charge in [0.05, 0.1) is 11.7 Å². The first-order valence-corrected chi connectivity index (χ1v) is 6.14. The number of nitrogens with one attached hydrogen (secondary N) is 1. The van der Waals surface area contributed by atoms with Gasteiger partial charge in [0.25, 0.3) is 5.91 Å². The third-order valence-electron chi connectivity index (χ3n) is 3.49. The van der Waals surface area contributed by atoms with Crippen LogP contribution in [0, 0.1) is 0 Å². The van der Waals surface area contributed by atoms with Gasteiger partial charge in [0, 0.05) is 17.5 Å². The summed E-state index contributed by atoms with van der Waals surface area (Å²) in [5.41, 5.74) is 1.27. The number of fused-ring (bicyclic) bond motifs is 1. The lowest BCUT2D eigenvalue weighted by Crippen LogP contribution is -2.40. The fraction of sp³-hybridized carbons (Fsp3) is 0.308. The summed E-state index contributed by atoms with van der Waals surface area (Å²) in [6, 6.07) is 4.52. The van der Waals surface area contributed by atoms with Gasteiger partial charge in [-0.15, -0.1) is 0 Å². The van der Waals surface area contributed by atoms with Gasteiger partial charge in [-0.3, -0.25) is 9.89 Å². The van der Waals surface area contributed by atoms with Gasteiger partial charge in [0.2, 0.25) is 0 Å². The van der Waals surface area contributed by atoms with Gasteiger partial charge in [-0.25, -0.2) is 4.79 Å². The number of carbonyl (C=O) groups excluding carboxylic acids is 1. The molecule has 0 saturated carbocycles. The number of benzene rings is 1. The average molecular weight is 259 g/mol. The third kappa shape index (κ3) is 1.95. The molecule has 1 saturated heterocycles. The van der Waals surface area contributed by atoms with Crippen LogP contribution in [0.25, 0.3) is 10.9 Å². The van der Waals surface area contributed by atoms with Crippen molar-refractivity contribution in [1.29, 1.82) is 0 Å². The van der Waals surface area contributed by atoms with Gasteiger partial charge in [-0.1, -0.05) is 6.07 Å². The summed E-state index contributed by atoms with van der Waals surface area (Å²) in [4.78, 5) is 24.9. The number of amides is 1. The molecule has 1 aliphatic heterocycles. The fourth-order valence-corrected chi connectivity index (χ4v) is 2.50. The largest absolute Gasteiger partial charge is 0.480 e. The van der Waals surface area contributed by atoms with Crippen molar-refractivity contribution in [2.75, 3.05) is 6.54 Å². The van der Waals surface area contributed by atoms with E-state index in [2.05, 4.69) is 10.2 Å². The predicted molar refractivity (Wildman–Crippen MR) is 67.8 cm³/mol. The summed E-state index contributed by atoms with van der Waals surface area (Å²) in [7, 11) is 0. The molecule has 0 radical (unpaired) electrons. The lowest BCUT2D eigenvalue weighted by Gasteiger charge is -2.21. The molecule has 1 fully saturated rings. The lowest BCUT2D eigenvalue weighted by atomic mass is 10.1. The van der Waals surface area contributed by atoms with Crippen molar-refractivity contribution < 1.29 is 14.7 Å². The van der Waals surface area contributed by atoms with E-state index in [1.165, 1.54) is 4.90 Å². The number of aliphatic carboxylic acids is 1. The Hall–Kier alpha value is -2.37. The number of carbonyl (C=O) groups is 2. The molecule has 6 heteroatoms. The Labute approximate surface area is 109 Å². The second kappa shape index (κ2) is 4.38. The normalized spacial score (nSPS) is 18.9. The Morgan fingerprint density at radius 3 is 3.05 bits per heavy atom. The van der Waals surface area contributed by atoms with Crippen molar-refractivity contribution in [3.8, 4) is 0 Å². The van der Waals surface area contributed by atoms with E-state index in [4.69, 9.17) is 5.11 Å². The number of H-pyrrole nitrogens is 1. The average Bonchev–Trinajstić information content (AvgIpc) is 3.05. The van der Waals surface area contributed by atoms with Crippen LogP contribution in [0.2, 0.25) is 0 Å². The molecule has 98 valence electrons. The number of hydrogen-bond donors (Lipinski definition) is 2. The number of carboxylic acids is 1. The SMILES string of the molecule is O=C(O)[C@H]1CCCN1C(=O)c1ccc2cn[nH]c2c1. The van der Waals surface area contributed by atoms with Crippen molar-refractivity contribution in [2.45, 2.75) is 18.9 Å². The van der Waals surface area contributed by atoms with Crippen LogP contribution in [-0.4, -0.2) is 44.7 Å². The number of aromatic amines is 1. The molecule has 0 spiro atoms. The number of carboxylic acid groups (broad SMARTS) is 1. The Kier molecular flexibility index (Phi) is 2.70. The summed E-state index contributed by atoms with van der Waals surface area (Å²) >= 11 is 0. The van der Waals surface area contributed by atoms with E-state index >= 15 is 0 Å². The highest BCUT2D eigenvalue weighted by Crippen LogP contribution is 2.21. The van der Waals surface area contributed by atoms with E-state index in [0.29, 0.717) is 18.5 Å². The molecule has 2 heterocycles. The first-order chi connectivity index (χ1) is 9.16. The van der Waals surface area contributed by atoms with E-state index < -0.39 is 12.0 Å². The minimum absolute atomic E-state index is 0.235. The maximum Gasteiger partial charge on any atom is 0.326 e. The Morgan fingerprint density at radius 1 is 1.42 bits per heavy atom. The molecular formula is C13H13N3O3. The van der Waals surface area contributed by atoms with Crippen LogP contribution in [0.1, 0.15) is 23.2 Å². The van der Waals surface area contributed by atoms with E-state index in [-0.39, 0.29) is 5.91 Å². The highest BCUT2D eigenvalue weighted by atomic mass is 16.4. The van der Waals surface area contributed by atoms with Gasteiger partial charge in [0.1, 0.15) is 6.04 Å². The molecular weight excluding hydrogens is 246 g/mol. The molecule has 1 aromatic heterocycles. The Balaban J connectivity index is 1.92. The molecule has 3 rings (SSSR count). The van der Waals surface area contributed by atoms with Crippen LogP contribution >= 0.6 is 0 Å². The number of aromatic nitrogens is 2. The zero-order valence-corrected chi connectivity index (χ0v) is 10.2. The van der Waals surface area contributed by atoms with Gasteiger partial charge >= 0.3 is 5.97 Å². The maximum absolute atomic E-state index is 12.4. The van der Waals surface area contributed by atoms with Crippen molar-refractivity contribution in [1.82, 2.24) is 15.1 Å². The predicted octanol–water partition coefficient (Wildman–Crippen LogP) is 1.25. The van der Waals surface area contributed by atoms with Gasteiger partial charge in [-0.05, 0) is 25.0 Å². The molecule has 6 nitrogen and oxygen atoms in total. The fourth-order valence-electron chi connectivity index (χ4n) is 2.50. The maximum atomic E-state index is 12.4. The molecule has 1 atom stereocenters. The van der Waals surface area contributed by atoms with Gasteiger partial charge in [0.15, 0.2) is 0 Å². The smallest absolute Gasteiger partial charge is 0.326 e. The van der Waals surface area contributed by atoms with Crippen molar-refractivity contribution >= 4 is 22.8 Å². The molecule has 1 aromatic carbocycles. The first-order valence-electron chi connectivity index (χ1n) is 6.14. The van der Waals surface area contributed by atoms with Crippen LogP contribution in [0.3, 0.4) is 0 Å². The summed E-state index contributed by atoms with van der Waals surface area (Å²) in [6.45, 7) is 0.497. The van der Waals surface area contributed by atoms with Gasteiger partial charge in [-0.2, -0.15) is 5.10 Å². The van der Waals surface area contributed by atoms with Crippen LogP contribution in [0.15, 0.2) is 24.4 Å². The lowest BCUT2D eigenvalue weighted by molar-refractivity contribution is -0.141. The van der Waals surface area contributed by atoms with E-state index in [1.54, 1.807) is 24.4 Å². The van der Waals surface area contributed by atoms with E-state index in [9.17, 15) is 9.59 Å². The van der Waals surface area contributed by atoms with Crippen molar-refractivity contribution in [3.05, 3.63) is 30.0 Å². The minimum atomic E-state index is -0.937. The second-order valence-electron chi connectivity index (χ2n) is 4.67.